The molecule has 1 saturated carbocycles. The maximum atomic E-state index is 12.7. The van der Waals surface area contributed by atoms with Crippen LogP contribution in [0.4, 0.5) is 0 Å². The Kier molecular flexibility index (Phi) is 5.48. The van der Waals surface area contributed by atoms with Crippen LogP contribution >= 0.6 is 0 Å². The van der Waals surface area contributed by atoms with Gasteiger partial charge in [-0.3, -0.25) is 9.59 Å². The van der Waals surface area contributed by atoms with Gasteiger partial charge in [-0.05, 0) is 43.6 Å². The summed E-state index contributed by atoms with van der Waals surface area (Å²) in [7, 11) is 0. The highest BCUT2D eigenvalue weighted by atomic mass is 16.5. The smallest absolute Gasteiger partial charge is 0.248 e. The Morgan fingerprint density at radius 3 is 2.74 bits per heavy atom. The van der Waals surface area contributed by atoms with E-state index in [0.717, 1.165) is 56.9 Å². The molecule has 2 saturated heterocycles. The number of rotatable bonds is 6. The number of piperidine rings is 2. The minimum Gasteiger partial charge on any atom is -0.367 e. The number of hydrogen-bond donors (Lipinski definition) is 0. The second-order valence-electron chi connectivity index (χ2n) is 8.61. The Bertz CT molecular complexity index is 673. The maximum Gasteiger partial charge on any atom is 0.248 e. The van der Waals surface area contributed by atoms with E-state index in [-0.39, 0.29) is 17.9 Å². The van der Waals surface area contributed by atoms with Crippen LogP contribution in [0, 0.1) is 11.3 Å². The molecule has 2 aliphatic heterocycles. The molecule has 146 valence electrons. The molecule has 1 unspecified atom stereocenters. The van der Waals surface area contributed by atoms with E-state index in [1.54, 1.807) is 0 Å². The first-order chi connectivity index (χ1) is 13.1. The molecule has 1 aromatic rings. The summed E-state index contributed by atoms with van der Waals surface area (Å²) in [4.78, 5) is 29.0. The molecule has 0 N–H and O–H groups in total. The average Bonchev–Trinajstić information content (AvgIpc) is 3.50. The SMILES string of the molecule is O=C(COCc1ccccc1)N1CCCC2(CCC(=O)N(CC3CC3)C2)C1. The van der Waals surface area contributed by atoms with Gasteiger partial charge in [-0.1, -0.05) is 30.3 Å². The summed E-state index contributed by atoms with van der Waals surface area (Å²) in [5, 5.41) is 0. The Morgan fingerprint density at radius 1 is 1.15 bits per heavy atom. The van der Waals surface area contributed by atoms with Crippen LogP contribution < -0.4 is 0 Å². The van der Waals surface area contributed by atoms with Gasteiger partial charge in [0.1, 0.15) is 6.61 Å². The average molecular weight is 370 g/mol. The van der Waals surface area contributed by atoms with Gasteiger partial charge in [0.2, 0.25) is 11.8 Å². The minimum atomic E-state index is 0.0793. The van der Waals surface area contributed by atoms with Crippen LogP contribution in [0.2, 0.25) is 0 Å². The molecule has 5 heteroatoms. The van der Waals surface area contributed by atoms with Gasteiger partial charge in [0.15, 0.2) is 0 Å². The van der Waals surface area contributed by atoms with Crippen molar-refractivity contribution in [3.05, 3.63) is 35.9 Å². The fourth-order valence-corrected chi connectivity index (χ4v) is 4.56. The second kappa shape index (κ2) is 8.01. The number of ether oxygens (including phenoxy) is 1. The molecule has 2 amide bonds. The molecule has 4 rings (SSSR count). The van der Waals surface area contributed by atoms with Gasteiger partial charge in [0, 0.05) is 38.0 Å². The maximum absolute atomic E-state index is 12.7. The van der Waals surface area contributed by atoms with Crippen molar-refractivity contribution in [2.75, 3.05) is 32.8 Å². The molecule has 0 radical (unpaired) electrons. The molecule has 1 atom stereocenters. The number of carbonyl (C=O) groups excluding carboxylic acids is 2. The topological polar surface area (TPSA) is 49.9 Å². The Labute approximate surface area is 161 Å². The van der Waals surface area contributed by atoms with Gasteiger partial charge in [0.05, 0.1) is 6.61 Å². The van der Waals surface area contributed by atoms with Gasteiger partial charge in [-0.15, -0.1) is 0 Å². The lowest BCUT2D eigenvalue weighted by atomic mass is 9.73. The normalized spacial score (nSPS) is 25.9. The van der Waals surface area contributed by atoms with E-state index >= 15 is 0 Å². The van der Waals surface area contributed by atoms with E-state index in [1.807, 2.05) is 35.2 Å². The lowest BCUT2D eigenvalue weighted by molar-refractivity contribution is -0.145. The zero-order chi connectivity index (χ0) is 18.7. The van der Waals surface area contributed by atoms with E-state index in [4.69, 9.17) is 4.74 Å². The lowest BCUT2D eigenvalue weighted by Gasteiger charge is -2.48. The van der Waals surface area contributed by atoms with E-state index in [2.05, 4.69) is 4.90 Å². The van der Waals surface area contributed by atoms with Crippen LogP contribution in [-0.4, -0.2) is 54.4 Å². The number of amides is 2. The number of hydrogen-bond acceptors (Lipinski definition) is 3. The van der Waals surface area contributed by atoms with Gasteiger partial charge < -0.3 is 14.5 Å². The van der Waals surface area contributed by atoms with Crippen molar-refractivity contribution in [1.29, 1.82) is 0 Å². The summed E-state index contributed by atoms with van der Waals surface area (Å²) in [5.41, 5.74) is 1.18. The summed E-state index contributed by atoms with van der Waals surface area (Å²) in [6.45, 7) is 3.94. The molecular formula is C22H30N2O3. The molecular weight excluding hydrogens is 340 g/mol. The third-order valence-electron chi connectivity index (χ3n) is 6.27. The van der Waals surface area contributed by atoms with Gasteiger partial charge >= 0.3 is 0 Å². The largest absolute Gasteiger partial charge is 0.367 e. The van der Waals surface area contributed by atoms with Crippen molar-refractivity contribution in [2.24, 2.45) is 11.3 Å². The highest BCUT2D eigenvalue weighted by molar-refractivity contribution is 5.78. The summed E-state index contributed by atoms with van der Waals surface area (Å²) in [6.07, 6.45) is 6.23. The van der Waals surface area contributed by atoms with Crippen LogP contribution in [0.5, 0.6) is 0 Å². The monoisotopic (exact) mass is 370 g/mol. The first kappa shape index (κ1) is 18.5. The molecule has 2 heterocycles. The Balaban J connectivity index is 1.30. The quantitative estimate of drug-likeness (QED) is 0.774. The van der Waals surface area contributed by atoms with Crippen molar-refractivity contribution in [3.8, 4) is 0 Å². The number of nitrogens with zero attached hydrogens (tertiary/aromatic N) is 2. The first-order valence-electron chi connectivity index (χ1n) is 10.3. The Hall–Kier alpha value is -1.88. The molecule has 0 bridgehead atoms. The third-order valence-corrected chi connectivity index (χ3v) is 6.27. The first-order valence-corrected chi connectivity index (χ1v) is 10.3. The number of benzene rings is 1. The standard InChI is InChI=1S/C22H30N2O3/c25-20-9-11-22(17-24(20)13-18-7-8-18)10-4-12-23(16-22)21(26)15-27-14-19-5-2-1-3-6-19/h1-3,5-6,18H,4,7-17H2. The predicted octanol–water partition coefficient (Wildman–Crippen LogP) is 2.84. The van der Waals surface area contributed by atoms with Crippen LogP contribution in [0.15, 0.2) is 30.3 Å². The molecule has 27 heavy (non-hydrogen) atoms. The second-order valence-corrected chi connectivity index (χ2v) is 8.61. The zero-order valence-electron chi connectivity index (χ0n) is 16.1. The van der Waals surface area contributed by atoms with Crippen molar-refractivity contribution >= 4 is 11.8 Å². The molecule has 1 spiro atoms. The van der Waals surface area contributed by atoms with Crippen molar-refractivity contribution < 1.29 is 14.3 Å². The van der Waals surface area contributed by atoms with Crippen LogP contribution in [0.25, 0.3) is 0 Å². The highest BCUT2D eigenvalue weighted by Crippen LogP contribution is 2.40. The van der Waals surface area contributed by atoms with Gasteiger partial charge in [-0.25, -0.2) is 0 Å². The molecule has 0 aromatic heterocycles. The van der Waals surface area contributed by atoms with E-state index in [9.17, 15) is 9.59 Å². The van der Waals surface area contributed by atoms with E-state index in [0.29, 0.717) is 18.9 Å². The van der Waals surface area contributed by atoms with Gasteiger partial charge in [-0.2, -0.15) is 0 Å². The zero-order valence-corrected chi connectivity index (χ0v) is 16.1. The molecule has 1 aromatic carbocycles. The predicted molar refractivity (Wildman–Crippen MR) is 103 cm³/mol. The molecule has 3 aliphatic rings. The van der Waals surface area contributed by atoms with Gasteiger partial charge in [0.25, 0.3) is 0 Å². The van der Waals surface area contributed by atoms with E-state index in [1.165, 1.54) is 12.8 Å². The molecule has 1 aliphatic carbocycles. The van der Waals surface area contributed by atoms with Crippen molar-refractivity contribution in [1.82, 2.24) is 9.80 Å². The number of carbonyl (C=O) groups is 2. The van der Waals surface area contributed by atoms with Crippen molar-refractivity contribution in [2.45, 2.75) is 45.1 Å². The Morgan fingerprint density at radius 2 is 1.96 bits per heavy atom. The number of likely N-dealkylation sites (tertiary alicyclic amines) is 2. The van der Waals surface area contributed by atoms with Crippen LogP contribution in [-0.2, 0) is 20.9 Å². The molecule has 3 fully saturated rings. The molecule has 5 nitrogen and oxygen atoms in total. The summed E-state index contributed by atoms with van der Waals surface area (Å²) in [6, 6.07) is 9.95. The third kappa shape index (κ3) is 4.70. The summed E-state index contributed by atoms with van der Waals surface area (Å²) in [5.74, 6) is 1.11. The van der Waals surface area contributed by atoms with Crippen molar-refractivity contribution in [3.63, 3.8) is 0 Å². The highest BCUT2D eigenvalue weighted by Gasteiger charge is 2.43. The lowest BCUT2D eigenvalue weighted by Crippen LogP contribution is -2.55. The van der Waals surface area contributed by atoms with Crippen LogP contribution in [0.3, 0.4) is 0 Å². The fourth-order valence-electron chi connectivity index (χ4n) is 4.56. The fraction of sp³-hybridized carbons (Fsp3) is 0.636. The van der Waals surface area contributed by atoms with E-state index < -0.39 is 0 Å². The minimum absolute atomic E-state index is 0.0793. The summed E-state index contributed by atoms with van der Waals surface area (Å²) < 4.78 is 5.65. The van der Waals surface area contributed by atoms with Crippen LogP contribution in [0.1, 0.15) is 44.1 Å². The summed E-state index contributed by atoms with van der Waals surface area (Å²) >= 11 is 0.